The van der Waals surface area contributed by atoms with Crippen molar-refractivity contribution in [3.8, 4) is 0 Å². The Labute approximate surface area is 86.6 Å². The average molecular weight is 205 g/mol. The summed E-state index contributed by atoms with van der Waals surface area (Å²) in [6, 6.07) is 3.74. The van der Waals surface area contributed by atoms with E-state index in [4.69, 9.17) is 5.73 Å². The van der Waals surface area contributed by atoms with Crippen LogP contribution in [0.15, 0.2) is 29.2 Å². The lowest BCUT2D eigenvalue weighted by atomic mass is 10.1. The zero-order valence-corrected chi connectivity index (χ0v) is 8.66. The predicted molar refractivity (Wildman–Crippen MR) is 57.1 cm³/mol. The summed E-state index contributed by atoms with van der Waals surface area (Å²) >= 11 is 1.55. The van der Waals surface area contributed by atoms with Crippen LogP contribution in [0, 0.1) is 6.92 Å². The Morgan fingerprint density at radius 2 is 2.21 bits per heavy atom. The molecule has 0 aliphatic rings. The van der Waals surface area contributed by atoms with Gasteiger partial charge in [-0.15, -0.1) is 11.3 Å². The minimum absolute atomic E-state index is 0.207. The molecule has 4 heteroatoms. The van der Waals surface area contributed by atoms with Gasteiger partial charge in [-0.1, -0.05) is 0 Å². The van der Waals surface area contributed by atoms with E-state index in [2.05, 4.69) is 9.97 Å². The quantitative estimate of drug-likeness (QED) is 0.814. The van der Waals surface area contributed by atoms with E-state index in [-0.39, 0.29) is 6.04 Å². The van der Waals surface area contributed by atoms with Crippen LogP contribution in [0.2, 0.25) is 0 Å². The number of thiazole rings is 1. The van der Waals surface area contributed by atoms with Gasteiger partial charge in [0.15, 0.2) is 0 Å². The fraction of sp³-hybridized carbons (Fsp3) is 0.200. The van der Waals surface area contributed by atoms with E-state index in [1.165, 1.54) is 5.56 Å². The lowest BCUT2D eigenvalue weighted by Crippen LogP contribution is -2.13. The molecule has 0 saturated carbocycles. The Hall–Kier alpha value is -1.26. The Morgan fingerprint density at radius 1 is 1.36 bits per heavy atom. The molecule has 0 fully saturated rings. The molecule has 0 aliphatic heterocycles. The van der Waals surface area contributed by atoms with Gasteiger partial charge in [-0.3, -0.25) is 4.98 Å². The average Bonchev–Trinajstić information content (AvgIpc) is 2.69. The maximum absolute atomic E-state index is 6.01. The first-order valence-electron chi connectivity index (χ1n) is 4.33. The second-order valence-electron chi connectivity index (χ2n) is 3.15. The molecule has 2 aromatic rings. The normalized spacial score (nSPS) is 12.7. The molecule has 0 aliphatic carbocycles. The molecular formula is C10H11N3S. The molecule has 2 heterocycles. The minimum Gasteiger partial charge on any atom is -0.318 e. The van der Waals surface area contributed by atoms with Crippen molar-refractivity contribution in [2.24, 2.45) is 5.73 Å². The number of nitrogens with zero attached hydrogens (tertiary/aromatic N) is 2. The Bertz CT molecular complexity index is 411. The number of hydrogen-bond donors (Lipinski definition) is 1. The van der Waals surface area contributed by atoms with Crippen molar-refractivity contribution >= 4 is 11.3 Å². The van der Waals surface area contributed by atoms with E-state index in [1.807, 2.05) is 24.4 Å². The highest BCUT2D eigenvalue weighted by Gasteiger charge is 2.11. The van der Waals surface area contributed by atoms with Gasteiger partial charge in [-0.05, 0) is 24.6 Å². The van der Waals surface area contributed by atoms with Crippen molar-refractivity contribution in [3.05, 3.63) is 46.2 Å². The lowest BCUT2D eigenvalue weighted by Gasteiger charge is -2.08. The van der Waals surface area contributed by atoms with Crippen LogP contribution >= 0.6 is 11.3 Å². The molecule has 72 valence electrons. The maximum atomic E-state index is 6.01. The van der Waals surface area contributed by atoms with Crippen molar-refractivity contribution in [1.82, 2.24) is 9.97 Å². The molecule has 2 N–H and O–H groups in total. The molecule has 1 unspecified atom stereocenters. The van der Waals surface area contributed by atoms with E-state index >= 15 is 0 Å². The first-order valence-corrected chi connectivity index (χ1v) is 5.28. The van der Waals surface area contributed by atoms with Crippen LogP contribution in [0.1, 0.15) is 23.0 Å². The molecular weight excluding hydrogens is 194 g/mol. The number of aromatic nitrogens is 2. The standard InChI is InChI=1S/C10H11N3S/c1-7-2-3-12-8(4-7)10(11)9-5-14-6-13-9/h2-6,10H,11H2,1H3. The second kappa shape index (κ2) is 3.86. The van der Waals surface area contributed by atoms with Crippen LogP contribution < -0.4 is 5.73 Å². The highest BCUT2D eigenvalue weighted by molar-refractivity contribution is 7.07. The molecule has 0 amide bonds. The summed E-state index contributed by atoms with van der Waals surface area (Å²) in [5, 5.41) is 1.95. The van der Waals surface area contributed by atoms with E-state index in [1.54, 1.807) is 23.0 Å². The molecule has 3 nitrogen and oxygen atoms in total. The van der Waals surface area contributed by atoms with Gasteiger partial charge in [0.25, 0.3) is 0 Å². The van der Waals surface area contributed by atoms with Crippen LogP contribution in [-0.4, -0.2) is 9.97 Å². The Morgan fingerprint density at radius 3 is 2.86 bits per heavy atom. The van der Waals surface area contributed by atoms with Gasteiger partial charge in [-0.25, -0.2) is 4.98 Å². The van der Waals surface area contributed by atoms with Crippen LogP contribution in [0.5, 0.6) is 0 Å². The van der Waals surface area contributed by atoms with Crippen molar-refractivity contribution in [3.63, 3.8) is 0 Å². The largest absolute Gasteiger partial charge is 0.318 e. The third kappa shape index (κ3) is 1.81. The lowest BCUT2D eigenvalue weighted by molar-refractivity contribution is 0.800. The molecule has 2 aromatic heterocycles. The topological polar surface area (TPSA) is 51.8 Å². The molecule has 1 atom stereocenters. The minimum atomic E-state index is -0.207. The highest BCUT2D eigenvalue weighted by atomic mass is 32.1. The molecule has 0 saturated heterocycles. The fourth-order valence-electron chi connectivity index (χ4n) is 1.26. The summed E-state index contributed by atoms with van der Waals surface area (Å²) in [5.41, 5.74) is 10.7. The van der Waals surface area contributed by atoms with E-state index in [0.29, 0.717) is 0 Å². The van der Waals surface area contributed by atoms with Gasteiger partial charge in [0.1, 0.15) is 0 Å². The second-order valence-corrected chi connectivity index (χ2v) is 3.87. The Kier molecular flexibility index (Phi) is 2.56. The van der Waals surface area contributed by atoms with Gasteiger partial charge in [-0.2, -0.15) is 0 Å². The zero-order chi connectivity index (χ0) is 9.97. The summed E-state index contributed by atoms with van der Waals surface area (Å²) in [6.07, 6.45) is 1.77. The first-order chi connectivity index (χ1) is 6.77. The summed E-state index contributed by atoms with van der Waals surface area (Å²) in [5.74, 6) is 0. The fourth-order valence-corrected chi connectivity index (χ4v) is 1.85. The summed E-state index contributed by atoms with van der Waals surface area (Å²) in [4.78, 5) is 8.41. The van der Waals surface area contributed by atoms with E-state index < -0.39 is 0 Å². The third-order valence-electron chi connectivity index (χ3n) is 2.03. The molecule has 0 radical (unpaired) electrons. The van der Waals surface area contributed by atoms with Gasteiger partial charge >= 0.3 is 0 Å². The van der Waals surface area contributed by atoms with E-state index in [9.17, 15) is 0 Å². The number of aryl methyl sites for hydroxylation is 1. The monoisotopic (exact) mass is 205 g/mol. The number of rotatable bonds is 2. The van der Waals surface area contributed by atoms with Gasteiger partial charge < -0.3 is 5.73 Å². The van der Waals surface area contributed by atoms with Gasteiger partial charge in [0, 0.05) is 11.6 Å². The Balaban J connectivity index is 2.32. The third-order valence-corrected chi connectivity index (χ3v) is 2.63. The smallest absolute Gasteiger partial charge is 0.0908 e. The maximum Gasteiger partial charge on any atom is 0.0908 e. The number of pyridine rings is 1. The van der Waals surface area contributed by atoms with Crippen molar-refractivity contribution < 1.29 is 0 Å². The molecule has 0 bridgehead atoms. The number of nitrogens with two attached hydrogens (primary N) is 1. The zero-order valence-electron chi connectivity index (χ0n) is 7.84. The van der Waals surface area contributed by atoms with Crippen molar-refractivity contribution in [1.29, 1.82) is 0 Å². The van der Waals surface area contributed by atoms with Crippen LogP contribution in [0.3, 0.4) is 0 Å². The van der Waals surface area contributed by atoms with Crippen molar-refractivity contribution in [2.45, 2.75) is 13.0 Å². The molecule has 2 rings (SSSR count). The highest BCUT2D eigenvalue weighted by Crippen LogP contribution is 2.17. The van der Waals surface area contributed by atoms with Gasteiger partial charge in [0.2, 0.25) is 0 Å². The van der Waals surface area contributed by atoms with Gasteiger partial charge in [0.05, 0.1) is 22.9 Å². The van der Waals surface area contributed by atoms with E-state index in [0.717, 1.165) is 11.4 Å². The van der Waals surface area contributed by atoms with Crippen molar-refractivity contribution in [2.75, 3.05) is 0 Å². The van der Waals surface area contributed by atoms with Crippen LogP contribution in [0.4, 0.5) is 0 Å². The first kappa shape index (κ1) is 9.30. The molecule has 14 heavy (non-hydrogen) atoms. The SMILES string of the molecule is Cc1ccnc(C(N)c2cscn2)c1. The summed E-state index contributed by atoms with van der Waals surface area (Å²) in [7, 11) is 0. The van der Waals surface area contributed by atoms with Crippen LogP contribution in [0.25, 0.3) is 0 Å². The summed E-state index contributed by atoms with van der Waals surface area (Å²) in [6.45, 7) is 2.03. The number of hydrogen-bond acceptors (Lipinski definition) is 4. The van der Waals surface area contributed by atoms with Crippen LogP contribution in [-0.2, 0) is 0 Å². The predicted octanol–water partition coefficient (Wildman–Crippen LogP) is 1.89. The molecule has 0 aromatic carbocycles. The molecule has 0 spiro atoms. The summed E-state index contributed by atoms with van der Waals surface area (Å²) < 4.78 is 0.